The van der Waals surface area contributed by atoms with Gasteiger partial charge in [0.05, 0.1) is 25.4 Å². The maximum atomic E-state index is 14.1. The first-order chi connectivity index (χ1) is 13.6. The van der Waals surface area contributed by atoms with E-state index in [1.165, 1.54) is 24.4 Å². The number of anilines is 1. The van der Waals surface area contributed by atoms with Gasteiger partial charge in [0.25, 0.3) is 0 Å². The molecule has 0 amide bonds. The highest BCUT2D eigenvalue weighted by molar-refractivity contribution is 6.05. The van der Waals surface area contributed by atoms with Crippen molar-refractivity contribution in [2.45, 2.75) is 12.4 Å². The zero-order valence-corrected chi connectivity index (χ0v) is 15.0. The molecule has 1 aromatic carbocycles. The summed E-state index contributed by atoms with van der Waals surface area (Å²) in [6.45, 7) is 0. The predicted octanol–water partition coefficient (Wildman–Crippen LogP) is 3.19. The van der Waals surface area contributed by atoms with Crippen LogP contribution in [0.4, 0.5) is 23.2 Å². The molecule has 0 aromatic heterocycles. The van der Waals surface area contributed by atoms with Gasteiger partial charge >= 0.3 is 24.3 Å². The average Bonchev–Trinajstić information content (AvgIpc) is 2.88. The van der Waals surface area contributed by atoms with Crippen LogP contribution >= 0.6 is 0 Å². The molecule has 3 rings (SSSR count). The van der Waals surface area contributed by atoms with Gasteiger partial charge in [-0.15, -0.1) is 8.78 Å². The van der Waals surface area contributed by atoms with E-state index in [1.807, 2.05) is 0 Å². The number of hydrogen-bond donors (Lipinski definition) is 0. The number of fused-ring (bicyclic) bond motifs is 1. The number of carbonyl (C=O) groups is 2. The zero-order valence-electron chi connectivity index (χ0n) is 15.0. The zero-order chi connectivity index (χ0) is 21.4. The van der Waals surface area contributed by atoms with Crippen LogP contribution in [0.15, 0.2) is 53.9 Å². The van der Waals surface area contributed by atoms with Gasteiger partial charge in [0.1, 0.15) is 11.4 Å². The predicted molar refractivity (Wildman–Crippen MR) is 88.8 cm³/mol. The molecule has 2 aliphatic heterocycles. The summed E-state index contributed by atoms with van der Waals surface area (Å²) in [6, 6.07) is 2.80. The molecule has 0 saturated carbocycles. The standard InChI is InChI=1S/C18H13F4NO6/c1-26-15(24)11-5-3-4-8-23(14(11)16(25)27-2)10-6-7-13-12(9-10)17(19,20)29-18(21,22)28-13/h3-9H,1-2H3. The molecule has 0 radical (unpaired) electrons. The third-order valence-electron chi connectivity index (χ3n) is 3.92. The Kier molecular flexibility index (Phi) is 5.09. The molecule has 0 saturated heterocycles. The van der Waals surface area contributed by atoms with Gasteiger partial charge in [-0.3, -0.25) is 0 Å². The molecule has 2 heterocycles. The molecular formula is C18H13F4NO6. The fraction of sp³-hybridized carbons (Fsp3) is 0.222. The van der Waals surface area contributed by atoms with Crippen molar-refractivity contribution in [2.75, 3.05) is 19.1 Å². The van der Waals surface area contributed by atoms with Crippen LogP contribution in [0, 0.1) is 0 Å². The van der Waals surface area contributed by atoms with Crippen molar-refractivity contribution in [3.05, 3.63) is 59.5 Å². The lowest BCUT2D eigenvalue weighted by Crippen LogP contribution is -2.41. The minimum atomic E-state index is -4.51. The minimum absolute atomic E-state index is 0.0809. The van der Waals surface area contributed by atoms with Crippen molar-refractivity contribution in [1.29, 1.82) is 0 Å². The summed E-state index contributed by atoms with van der Waals surface area (Å²) < 4.78 is 71.5. The van der Waals surface area contributed by atoms with Crippen molar-refractivity contribution < 1.29 is 46.1 Å². The monoisotopic (exact) mass is 415 g/mol. The van der Waals surface area contributed by atoms with Crippen molar-refractivity contribution in [2.24, 2.45) is 0 Å². The molecule has 1 aromatic rings. The Morgan fingerprint density at radius 2 is 1.72 bits per heavy atom. The molecule has 154 valence electrons. The van der Waals surface area contributed by atoms with Crippen LogP contribution in [0.25, 0.3) is 0 Å². The fourth-order valence-corrected chi connectivity index (χ4v) is 2.70. The number of esters is 2. The number of nitrogens with zero attached hydrogens (tertiary/aromatic N) is 1. The molecule has 0 atom stereocenters. The van der Waals surface area contributed by atoms with Gasteiger partial charge in [0.2, 0.25) is 0 Å². The van der Waals surface area contributed by atoms with Crippen molar-refractivity contribution in [1.82, 2.24) is 0 Å². The highest BCUT2D eigenvalue weighted by atomic mass is 19.3. The second kappa shape index (κ2) is 7.24. The van der Waals surface area contributed by atoms with Gasteiger partial charge in [0.15, 0.2) is 0 Å². The number of rotatable bonds is 3. The van der Waals surface area contributed by atoms with E-state index in [4.69, 9.17) is 4.74 Å². The number of hydrogen-bond acceptors (Lipinski definition) is 7. The molecule has 2 aliphatic rings. The number of allylic oxidation sites excluding steroid dienone is 2. The summed E-state index contributed by atoms with van der Waals surface area (Å²) >= 11 is 0. The van der Waals surface area contributed by atoms with Gasteiger partial charge in [0, 0.05) is 11.9 Å². The summed E-state index contributed by atoms with van der Waals surface area (Å²) in [6.07, 6.45) is -3.50. The topological polar surface area (TPSA) is 74.3 Å². The Bertz CT molecular complexity index is 954. The van der Waals surface area contributed by atoms with E-state index >= 15 is 0 Å². The summed E-state index contributed by atoms with van der Waals surface area (Å²) in [5.74, 6) is -2.65. The molecule has 0 fully saturated rings. The lowest BCUT2D eigenvalue weighted by Gasteiger charge is -2.31. The Labute approximate surface area is 161 Å². The summed E-state index contributed by atoms with van der Waals surface area (Å²) in [5, 5.41) is 0. The largest absolute Gasteiger partial charge is 0.540 e. The van der Waals surface area contributed by atoms with Crippen LogP contribution in [0.2, 0.25) is 0 Å². The van der Waals surface area contributed by atoms with E-state index in [9.17, 15) is 27.2 Å². The molecule has 7 nitrogen and oxygen atoms in total. The van der Waals surface area contributed by atoms with Crippen molar-refractivity contribution >= 4 is 17.6 Å². The molecule has 29 heavy (non-hydrogen) atoms. The van der Waals surface area contributed by atoms with Crippen LogP contribution < -0.4 is 9.64 Å². The minimum Gasteiger partial charge on any atom is -0.465 e. The van der Waals surface area contributed by atoms with E-state index in [2.05, 4.69) is 14.2 Å². The second-order valence-electron chi connectivity index (χ2n) is 5.68. The first kappa shape index (κ1) is 20.4. The quantitative estimate of drug-likeness (QED) is 0.555. The van der Waals surface area contributed by atoms with Crippen LogP contribution in [0.3, 0.4) is 0 Å². The number of alkyl halides is 4. The van der Waals surface area contributed by atoms with Crippen LogP contribution in [0.5, 0.6) is 5.75 Å². The lowest BCUT2D eigenvalue weighted by molar-refractivity contribution is -0.461. The lowest BCUT2D eigenvalue weighted by atomic mass is 10.1. The van der Waals surface area contributed by atoms with E-state index in [0.29, 0.717) is 0 Å². The molecular weight excluding hydrogens is 402 g/mol. The van der Waals surface area contributed by atoms with E-state index in [0.717, 1.165) is 37.3 Å². The fourth-order valence-electron chi connectivity index (χ4n) is 2.70. The molecule has 0 N–H and O–H groups in total. The first-order valence-electron chi connectivity index (χ1n) is 7.94. The SMILES string of the molecule is COC(=O)C1=C(C(=O)OC)N(c2ccc3c(c2)C(F)(F)OC(F)(F)O3)C=CC=C1. The van der Waals surface area contributed by atoms with Crippen LogP contribution in [-0.2, 0) is 29.9 Å². The van der Waals surface area contributed by atoms with Crippen LogP contribution in [0.1, 0.15) is 5.56 Å². The van der Waals surface area contributed by atoms with Gasteiger partial charge in [-0.25, -0.2) is 14.3 Å². The van der Waals surface area contributed by atoms with E-state index in [-0.39, 0.29) is 17.0 Å². The number of carbonyl (C=O) groups excluding carboxylic acids is 2. The van der Waals surface area contributed by atoms with Crippen molar-refractivity contribution in [3.63, 3.8) is 0 Å². The number of methoxy groups -OCH3 is 2. The van der Waals surface area contributed by atoms with Crippen LogP contribution in [-0.4, -0.2) is 32.5 Å². The summed E-state index contributed by atoms with van der Waals surface area (Å²) in [5.41, 5.74) is -1.62. The molecule has 11 heteroatoms. The third kappa shape index (κ3) is 3.81. The molecule has 0 spiro atoms. The summed E-state index contributed by atoms with van der Waals surface area (Å²) in [4.78, 5) is 25.5. The Morgan fingerprint density at radius 3 is 2.38 bits per heavy atom. The number of halogens is 4. The van der Waals surface area contributed by atoms with Gasteiger partial charge < -0.3 is 19.1 Å². The number of benzene rings is 1. The third-order valence-corrected chi connectivity index (χ3v) is 3.92. The van der Waals surface area contributed by atoms with E-state index < -0.39 is 35.7 Å². The smallest absolute Gasteiger partial charge is 0.465 e. The molecule has 0 unspecified atom stereocenters. The normalized spacial score (nSPS) is 19.2. The van der Waals surface area contributed by atoms with Gasteiger partial charge in [-0.2, -0.15) is 8.78 Å². The van der Waals surface area contributed by atoms with Gasteiger partial charge in [-0.1, -0.05) is 6.08 Å². The molecule has 0 bridgehead atoms. The Morgan fingerprint density at radius 1 is 1.03 bits per heavy atom. The summed E-state index contributed by atoms with van der Waals surface area (Å²) in [7, 11) is 2.15. The Balaban J connectivity index is 2.16. The molecule has 0 aliphatic carbocycles. The van der Waals surface area contributed by atoms with E-state index in [1.54, 1.807) is 0 Å². The average molecular weight is 415 g/mol. The van der Waals surface area contributed by atoms with Gasteiger partial charge in [-0.05, 0) is 30.4 Å². The Hall–Kier alpha value is -3.34. The maximum absolute atomic E-state index is 14.1. The first-order valence-corrected chi connectivity index (χ1v) is 7.94. The highest BCUT2D eigenvalue weighted by Crippen LogP contribution is 2.47. The highest BCUT2D eigenvalue weighted by Gasteiger charge is 2.54. The second-order valence-corrected chi connectivity index (χ2v) is 5.68. The maximum Gasteiger partial charge on any atom is 0.540 e. The number of ether oxygens (including phenoxy) is 4. The van der Waals surface area contributed by atoms with Crippen molar-refractivity contribution in [3.8, 4) is 5.75 Å².